The highest BCUT2D eigenvalue weighted by atomic mass is 16.2. The van der Waals surface area contributed by atoms with Gasteiger partial charge in [0.05, 0.1) is 17.5 Å². The van der Waals surface area contributed by atoms with Crippen LogP contribution in [0.4, 0.5) is 0 Å². The summed E-state index contributed by atoms with van der Waals surface area (Å²) in [5.74, 6) is -0.0356. The lowest BCUT2D eigenvalue weighted by Gasteiger charge is -2.22. The lowest BCUT2D eigenvalue weighted by Crippen LogP contribution is -2.42. The van der Waals surface area contributed by atoms with Crippen molar-refractivity contribution in [3.05, 3.63) is 42.0 Å². The Morgan fingerprint density at radius 2 is 2.29 bits per heavy atom. The van der Waals surface area contributed by atoms with E-state index in [1.807, 2.05) is 28.9 Å². The van der Waals surface area contributed by atoms with E-state index < -0.39 is 0 Å². The summed E-state index contributed by atoms with van der Waals surface area (Å²) < 4.78 is 1.87. The molecule has 8 heteroatoms. The van der Waals surface area contributed by atoms with Crippen LogP contribution in [0.1, 0.15) is 23.9 Å². The number of H-pyrrole nitrogens is 1. The zero-order valence-corrected chi connectivity index (χ0v) is 13.2. The van der Waals surface area contributed by atoms with E-state index in [-0.39, 0.29) is 11.9 Å². The Morgan fingerprint density at radius 3 is 3.25 bits per heavy atom. The topological polar surface area (TPSA) is 101 Å². The molecule has 0 saturated carbocycles. The molecule has 0 spiro atoms. The number of rotatable bonds is 5. The van der Waals surface area contributed by atoms with Crippen molar-refractivity contribution >= 4 is 16.9 Å². The lowest BCUT2D eigenvalue weighted by atomic mass is 10.1. The number of imidazole rings is 1. The van der Waals surface area contributed by atoms with Gasteiger partial charge < -0.3 is 15.6 Å². The van der Waals surface area contributed by atoms with Crippen molar-refractivity contribution in [1.29, 1.82) is 0 Å². The van der Waals surface area contributed by atoms with E-state index in [0.717, 1.165) is 41.8 Å². The van der Waals surface area contributed by atoms with Crippen molar-refractivity contribution in [3.8, 4) is 0 Å². The molecule has 1 atom stereocenters. The molecule has 2 aromatic heterocycles. The van der Waals surface area contributed by atoms with Crippen LogP contribution in [-0.4, -0.2) is 44.0 Å². The third-order valence-corrected chi connectivity index (χ3v) is 4.28. The Balaban J connectivity index is 1.31. The summed E-state index contributed by atoms with van der Waals surface area (Å²) in [6.45, 7) is 2.08. The molecule has 0 bridgehead atoms. The minimum atomic E-state index is -0.368. The zero-order valence-electron chi connectivity index (χ0n) is 13.2. The predicted octanol–water partition coefficient (Wildman–Crippen LogP) is 0.548. The number of hydrogen-bond acceptors (Lipinski definition) is 5. The Bertz CT molecular complexity index is 853. The molecule has 1 aromatic carbocycles. The van der Waals surface area contributed by atoms with Crippen molar-refractivity contribution in [2.45, 2.75) is 25.4 Å². The molecule has 1 amide bonds. The Kier molecular flexibility index (Phi) is 3.96. The summed E-state index contributed by atoms with van der Waals surface area (Å²) in [7, 11) is 0. The highest BCUT2D eigenvalue weighted by molar-refractivity contribution is 5.83. The number of aromatic amines is 1. The number of aryl methyl sites for hydroxylation is 1. The predicted molar refractivity (Wildman–Crippen MR) is 88.2 cm³/mol. The molecule has 24 heavy (non-hydrogen) atoms. The molecule has 0 aliphatic carbocycles. The average Bonchev–Trinajstić information content (AvgIpc) is 3.25. The maximum absolute atomic E-state index is 12.4. The number of amides is 1. The van der Waals surface area contributed by atoms with Crippen LogP contribution in [0.15, 0.2) is 30.6 Å². The van der Waals surface area contributed by atoms with Gasteiger partial charge >= 0.3 is 0 Å². The molecule has 0 radical (unpaired) electrons. The zero-order chi connectivity index (χ0) is 16.4. The molecular weight excluding hydrogens is 306 g/mol. The molecule has 3 N–H and O–H groups in total. The van der Waals surface area contributed by atoms with Crippen LogP contribution < -0.4 is 10.6 Å². The van der Waals surface area contributed by atoms with Gasteiger partial charge in [0, 0.05) is 31.7 Å². The second-order valence-corrected chi connectivity index (χ2v) is 5.85. The van der Waals surface area contributed by atoms with E-state index in [4.69, 9.17) is 0 Å². The molecule has 124 valence electrons. The summed E-state index contributed by atoms with van der Waals surface area (Å²) in [4.78, 5) is 19.7. The molecule has 3 aromatic rings. The number of carbonyl (C=O) groups is 1. The number of aromatic nitrogens is 5. The number of para-hydroxylation sites is 1. The molecule has 0 unspecified atom stereocenters. The summed E-state index contributed by atoms with van der Waals surface area (Å²) in [6, 6.07) is 7.49. The summed E-state index contributed by atoms with van der Waals surface area (Å²) >= 11 is 0. The van der Waals surface area contributed by atoms with E-state index >= 15 is 0 Å². The summed E-state index contributed by atoms with van der Waals surface area (Å²) in [5.41, 5.74) is 3.75. The molecule has 4 rings (SSSR count). The van der Waals surface area contributed by atoms with E-state index in [9.17, 15) is 4.79 Å². The number of fused-ring (bicyclic) bond motifs is 2. The lowest BCUT2D eigenvalue weighted by molar-refractivity contribution is -0.123. The first kappa shape index (κ1) is 14.8. The normalized spacial score (nSPS) is 16.9. The van der Waals surface area contributed by atoms with Crippen molar-refractivity contribution in [1.82, 2.24) is 35.6 Å². The second-order valence-electron chi connectivity index (χ2n) is 5.85. The van der Waals surface area contributed by atoms with Gasteiger partial charge in [0.15, 0.2) is 0 Å². The largest absolute Gasteiger partial charge is 0.354 e. The minimum absolute atomic E-state index is 0.0356. The first-order chi connectivity index (χ1) is 11.8. The van der Waals surface area contributed by atoms with Crippen molar-refractivity contribution < 1.29 is 4.79 Å². The van der Waals surface area contributed by atoms with Gasteiger partial charge in [-0.1, -0.05) is 17.3 Å². The average molecular weight is 325 g/mol. The van der Waals surface area contributed by atoms with E-state index in [2.05, 4.69) is 30.9 Å². The number of nitrogens with one attached hydrogen (secondary N) is 3. The van der Waals surface area contributed by atoms with Crippen LogP contribution in [0.2, 0.25) is 0 Å². The van der Waals surface area contributed by atoms with Crippen LogP contribution in [0, 0.1) is 0 Å². The minimum Gasteiger partial charge on any atom is -0.354 e. The third kappa shape index (κ3) is 2.76. The first-order valence-corrected chi connectivity index (χ1v) is 8.14. The Morgan fingerprint density at radius 1 is 1.38 bits per heavy atom. The highest BCUT2D eigenvalue weighted by Crippen LogP contribution is 2.19. The quantitative estimate of drug-likeness (QED) is 0.595. The van der Waals surface area contributed by atoms with Gasteiger partial charge in [-0.05, 0) is 18.6 Å². The third-order valence-electron chi connectivity index (χ3n) is 4.28. The maximum atomic E-state index is 12.4. The van der Waals surface area contributed by atoms with Gasteiger partial charge in [-0.15, -0.1) is 5.10 Å². The van der Waals surface area contributed by atoms with Gasteiger partial charge in [-0.3, -0.25) is 4.79 Å². The van der Waals surface area contributed by atoms with E-state index in [1.165, 1.54) is 0 Å². The van der Waals surface area contributed by atoms with Gasteiger partial charge in [0.1, 0.15) is 11.6 Å². The molecule has 1 aliphatic heterocycles. The Hall–Kier alpha value is -2.74. The molecule has 8 nitrogen and oxygen atoms in total. The molecule has 3 heterocycles. The van der Waals surface area contributed by atoms with Gasteiger partial charge in [0.25, 0.3) is 0 Å². The molecular formula is C16H19N7O. The number of hydrogen-bond donors (Lipinski definition) is 3. The van der Waals surface area contributed by atoms with Gasteiger partial charge in [-0.2, -0.15) is 0 Å². The fourth-order valence-electron chi connectivity index (χ4n) is 3.06. The van der Waals surface area contributed by atoms with Crippen molar-refractivity contribution in [2.24, 2.45) is 0 Å². The van der Waals surface area contributed by atoms with Gasteiger partial charge in [0.2, 0.25) is 5.91 Å². The van der Waals surface area contributed by atoms with E-state index in [1.54, 1.807) is 6.33 Å². The van der Waals surface area contributed by atoms with E-state index in [0.29, 0.717) is 13.1 Å². The smallest absolute Gasteiger partial charge is 0.243 e. The number of benzene rings is 1. The van der Waals surface area contributed by atoms with Crippen LogP contribution in [-0.2, 0) is 17.8 Å². The summed E-state index contributed by atoms with van der Waals surface area (Å²) in [5, 5.41) is 14.5. The van der Waals surface area contributed by atoms with Crippen LogP contribution in [0.25, 0.3) is 11.0 Å². The fraction of sp³-hybridized carbons (Fsp3) is 0.375. The summed E-state index contributed by atoms with van der Waals surface area (Å²) in [6.07, 6.45) is 3.31. The molecule has 1 aliphatic rings. The van der Waals surface area contributed by atoms with Crippen molar-refractivity contribution in [2.75, 3.05) is 13.1 Å². The maximum Gasteiger partial charge on any atom is 0.243 e. The SMILES string of the molecule is O=C(NCCCn1nnc2ccccc21)[C@@H]1NCCc2[nH]cnc21. The number of nitrogens with zero attached hydrogens (tertiary/aromatic N) is 4. The fourth-order valence-corrected chi connectivity index (χ4v) is 3.06. The first-order valence-electron chi connectivity index (χ1n) is 8.14. The highest BCUT2D eigenvalue weighted by Gasteiger charge is 2.27. The van der Waals surface area contributed by atoms with Crippen LogP contribution in [0.3, 0.4) is 0 Å². The standard InChI is InChI=1S/C16H19N7O/c24-16(15-14-12(6-8-17-15)19-10-20-14)18-7-3-9-23-13-5-2-1-4-11(13)21-22-23/h1-2,4-5,10,15,17H,3,6-9H2,(H,18,24)(H,19,20)/t15-/m1/s1. The molecule has 0 fully saturated rings. The number of carbonyl (C=O) groups excluding carboxylic acids is 1. The van der Waals surface area contributed by atoms with Crippen molar-refractivity contribution in [3.63, 3.8) is 0 Å². The van der Waals surface area contributed by atoms with Crippen LogP contribution >= 0.6 is 0 Å². The monoisotopic (exact) mass is 325 g/mol. The van der Waals surface area contributed by atoms with Gasteiger partial charge in [-0.25, -0.2) is 9.67 Å². The van der Waals surface area contributed by atoms with Crippen LogP contribution in [0.5, 0.6) is 0 Å². The Labute approximate surface area is 138 Å². The molecule has 0 saturated heterocycles. The second kappa shape index (κ2) is 6.40.